The highest BCUT2D eigenvalue weighted by molar-refractivity contribution is 5.37. The number of hydrogen-bond donors (Lipinski definition) is 0. The fourth-order valence-corrected chi connectivity index (χ4v) is 7.74. The molecule has 2 aromatic rings. The van der Waals surface area contributed by atoms with Crippen LogP contribution in [0.2, 0.25) is 0 Å². The molecule has 0 bridgehead atoms. The van der Waals surface area contributed by atoms with E-state index in [4.69, 9.17) is 0 Å². The van der Waals surface area contributed by atoms with Crippen LogP contribution in [0.1, 0.15) is 97.9 Å². The summed E-state index contributed by atoms with van der Waals surface area (Å²) in [5, 5.41) is 0. The molecule has 2 nitrogen and oxygen atoms in total. The van der Waals surface area contributed by atoms with E-state index in [1.165, 1.54) is 29.5 Å². The third kappa shape index (κ3) is 6.14. The largest absolute Gasteiger partial charge is 0.353 e. The number of benzene rings is 2. The Hall–Kier alpha value is -2.58. The molecule has 2 unspecified atom stereocenters. The van der Waals surface area contributed by atoms with Crippen LogP contribution in [-0.4, -0.2) is 22.5 Å². The summed E-state index contributed by atoms with van der Waals surface area (Å²) in [5.41, 5.74) is 7.57. The van der Waals surface area contributed by atoms with Crippen LogP contribution in [-0.2, 0) is 0 Å². The van der Waals surface area contributed by atoms with Crippen LogP contribution in [0, 0.1) is 35.5 Å². The lowest BCUT2D eigenvalue weighted by Crippen LogP contribution is -2.42. The molecule has 0 amide bonds. The summed E-state index contributed by atoms with van der Waals surface area (Å²) >= 11 is 0. The Bertz CT molecular complexity index is 1230. The summed E-state index contributed by atoms with van der Waals surface area (Å²) in [6.07, 6.45) is 11.3. The van der Waals surface area contributed by atoms with Gasteiger partial charge in [0.1, 0.15) is 0 Å². The zero-order valence-electron chi connectivity index (χ0n) is 26.9. The molecule has 5 atom stereocenters. The van der Waals surface area contributed by atoms with Crippen molar-refractivity contribution < 1.29 is 0 Å². The van der Waals surface area contributed by atoms with Crippen LogP contribution < -0.4 is 0 Å². The smallest absolute Gasteiger partial charge is 0.0750 e. The average molecular weight is 551 g/mol. The summed E-state index contributed by atoms with van der Waals surface area (Å²) < 4.78 is 0. The van der Waals surface area contributed by atoms with E-state index in [-0.39, 0.29) is 6.04 Å². The highest BCUT2D eigenvalue weighted by atomic mass is 15.4. The molecule has 0 aromatic heterocycles. The van der Waals surface area contributed by atoms with Crippen LogP contribution in [0.5, 0.6) is 0 Å². The van der Waals surface area contributed by atoms with E-state index in [0.29, 0.717) is 41.7 Å². The molecule has 1 heterocycles. The molecule has 0 radical (unpaired) electrons. The first kappa shape index (κ1) is 29.9. The van der Waals surface area contributed by atoms with Crippen LogP contribution in [0.25, 0.3) is 0 Å². The number of allylic oxidation sites excluding steroid dienone is 5. The minimum absolute atomic E-state index is 0.269. The minimum atomic E-state index is 0.269. The number of rotatable bonds is 8. The Morgan fingerprint density at radius 2 is 1.27 bits per heavy atom. The minimum Gasteiger partial charge on any atom is -0.353 e. The summed E-state index contributed by atoms with van der Waals surface area (Å²) in [4.78, 5) is 5.75. The third-order valence-corrected chi connectivity index (χ3v) is 10.3. The lowest BCUT2D eigenvalue weighted by molar-refractivity contribution is 0.136. The van der Waals surface area contributed by atoms with Crippen LogP contribution in [0.4, 0.5) is 0 Å². The molecule has 2 aromatic carbocycles. The van der Waals surface area contributed by atoms with Crippen molar-refractivity contribution in [3.63, 3.8) is 0 Å². The Balaban J connectivity index is 1.69. The molecule has 2 heteroatoms. The second kappa shape index (κ2) is 12.7. The van der Waals surface area contributed by atoms with E-state index >= 15 is 0 Å². The first-order valence-corrected chi connectivity index (χ1v) is 16.4. The lowest BCUT2D eigenvalue weighted by atomic mass is 9.75. The summed E-state index contributed by atoms with van der Waals surface area (Å²) in [6, 6.07) is 23.8. The third-order valence-electron chi connectivity index (χ3n) is 10.3. The average Bonchev–Trinajstić information content (AvgIpc) is 3.37. The maximum absolute atomic E-state index is 2.92. The molecule has 1 fully saturated rings. The quantitative estimate of drug-likeness (QED) is 0.302. The highest BCUT2D eigenvalue weighted by Gasteiger charge is 2.48. The van der Waals surface area contributed by atoms with Crippen molar-refractivity contribution in [2.75, 3.05) is 6.67 Å². The van der Waals surface area contributed by atoms with Gasteiger partial charge < -0.3 is 4.90 Å². The van der Waals surface area contributed by atoms with Gasteiger partial charge in [0.25, 0.3) is 0 Å². The van der Waals surface area contributed by atoms with Crippen molar-refractivity contribution in [3.8, 4) is 0 Å². The first-order chi connectivity index (χ1) is 19.7. The lowest BCUT2D eigenvalue weighted by Gasteiger charge is -2.41. The summed E-state index contributed by atoms with van der Waals surface area (Å²) in [6.45, 7) is 20.2. The Morgan fingerprint density at radius 1 is 0.659 bits per heavy atom. The predicted molar refractivity (Wildman–Crippen MR) is 175 cm³/mol. The summed E-state index contributed by atoms with van der Waals surface area (Å²) in [7, 11) is 0. The van der Waals surface area contributed by atoms with Crippen molar-refractivity contribution >= 4 is 0 Å². The molecule has 3 aliphatic rings. The standard InChI is InChI=1S/C39H54N2/c1-26(2)32-19-21-34(28(5)6)36(23-32)40-25-41(37-24-33(27(3)4)20-22-35(37)29(7)8)39(31-17-13-10-14-18-31)38(40)30-15-11-9-12-16-30/h9-19,22-23,26-29,33-34,37-39H,20-21,24-25H2,1-8H3/t33?,34?,37-,38-,39-/m1/s1. The van der Waals surface area contributed by atoms with Crippen molar-refractivity contribution in [2.24, 2.45) is 35.5 Å². The van der Waals surface area contributed by atoms with Gasteiger partial charge in [-0.15, -0.1) is 0 Å². The van der Waals surface area contributed by atoms with Crippen LogP contribution in [0.15, 0.2) is 95.7 Å². The predicted octanol–water partition coefficient (Wildman–Crippen LogP) is 10.2. The van der Waals surface area contributed by atoms with Gasteiger partial charge >= 0.3 is 0 Å². The molecule has 1 aliphatic heterocycles. The normalized spacial score (nSPS) is 27.6. The van der Waals surface area contributed by atoms with Gasteiger partial charge in [-0.3, -0.25) is 4.90 Å². The maximum atomic E-state index is 2.92. The van der Waals surface area contributed by atoms with E-state index < -0.39 is 0 Å². The van der Waals surface area contributed by atoms with E-state index in [1.807, 2.05) is 0 Å². The number of nitrogens with zero attached hydrogens (tertiary/aromatic N) is 2. The highest BCUT2D eigenvalue weighted by Crippen LogP contribution is 2.52. The van der Waals surface area contributed by atoms with E-state index in [1.54, 1.807) is 11.3 Å². The number of hydrogen-bond acceptors (Lipinski definition) is 2. The molecule has 2 aliphatic carbocycles. The molecular weight excluding hydrogens is 496 g/mol. The molecule has 1 saturated heterocycles. The second-order valence-corrected chi connectivity index (χ2v) is 14.2. The van der Waals surface area contributed by atoms with Crippen molar-refractivity contribution in [1.82, 2.24) is 9.80 Å². The SMILES string of the molecule is CC(C)C1=CCC(C(C)C)C(N2CN([C@@H]3CC(C(C)C)CC=C3C(C)C)[C@H](c3ccccc3)[C@H]2c2ccccc2)=C1. The van der Waals surface area contributed by atoms with Gasteiger partial charge in [0.05, 0.1) is 18.8 Å². The van der Waals surface area contributed by atoms with E-state index in [0.717, 1.165) is 19.0 Å². The maximum Gasteiger partial charge on any atom is 0.0750 e. The molecular formula is C39H54N2. The zero-order chi connectivity index (χ0) is 29.3. The topological polar surface area (TPSA) is 6.48 Å². The van der Waals surface area contributed by atoms with Gasteiger partial charge in [-0.1, -0.05) is 134 Å². The monoisotopic (exact) mass is 550 g/mol. The van der Waals surface area contributed by atoms with Crippen molar-refractivity contribution in [1.29, 1.82) is 0 Å². The van der Waals surface area contributed by atoms with E-state index in [2.05, 4.69) is 144 Å². The van der Waals surface area contributed by atoms with Crippen molar-refractivity contribution in [2.45, 2.75) is 92.8 Å². The second-order valence-electron chi connectivity index (χ2n) is 14.2. The Morgan fingerprint density at radius 3 is 1.80 bits per heavy atom. The van der Waals surface area contributed by atoms with Gasteiger partial charge in [-0.25, -0.2) is 0 Å². The van der Waals surface area contributed by atoms with Gasteiger partial charge in [-0.05, 0) is 71.6 Å². The molecule has 0 N–H and O–H groups in total. The van der Waals surface area contributed by atoms with Crippen LogP contribution >= 0.6 is 0 Å². The first-order valence-electron chi connectivity index (χ1n) is 16.4. The van der Waals surface area contributed by atoms with Crippen LogP contribution in [0.3, 0.4) is 0 Å². The fraction of sp³-hybridized carbons (Fsp3) is 0.538. The molecule has 0 spiro atoms. The Kier molecular flexibility index (Phi) is 9.29. The molecule has 5 rings (SSSR count). The van der Waals surface area contributed by atoms with Crippen molar-refractivity contribution in [3.05, 3.63) is 107 Å². The zero-order valence-corrected chi connectivity index (χ0v) is 26.9. The molecule has 220 valence electrons. The van der Waals surface area contributed by atoms with Gasteiger partial charge in [0.15, 0.2) is 0 Å². The van der Waals surface area contributed by atoms with Gasteiger partial charge in [-0.2, -0.15) is 0 Å². The fourth-order valence-electron chi connectivity index (χ4n) is 7.74. The molecule has 41 heavy (non-hydrogen) atoms. The van der Waals surface area contributed by atoms with E-state index in [9.17, 15) is 0 Å². The molecule has 0 saturated carbocycles. The van der Waals surface area contributed by atoms with Gasteiger partial charge in [0, 0.05) is 17.7 Å². The Labute approximate surface area is 251 Å². The summed E-state index contributed by atoms with van der Waals surface area (Å²) in [5.74, 6) is 3.66. The van der Waals surface area contributed by atoms with Gasteiger partial charge in [0.2, 0.25) is 0 Å².